The van der Waals surface area contributed by atoms with Crippen LogP contribution in [0.5, 0.6) is 11.5 Å². The van der Waals surface area contributed by atoms with Crippen LogP contribution in [-0.2, 0) is 16.1 Å². The molecule has 0 unspecified atom stereocenters. The van der Waals surface area contributed by atoms with E-state index in [0.717, 1.165) is 5.56 Å². The van der Waals surface area contributed by atoms with E-state index in [1.54, 1.807) is 54.9 Å². The van der Waals surface area contributed by atoms with Crippen LogP contribution in [0.4, 0.5) is 0 Å². The van der Waals surface area contributed by atoms with E-state index < -0.39 is 17.7 Å². The van der Waals surface area contributed by atoms with Gasteiger partial charge in [-0.2, -0.15) is 0 Å². The zero-order valence-corrected chi connectivity index (χ0v) is 17.8. The van der Waals surface area contributed by atoms with E-state index in [-0.39, 0.29) is 29.4 Å². The van der Waals surface area contributed by atoms with Crippen LogP contribution in [0.15, 0.2) is 72.6 Å². The average molecular weight is 451 g/mol. The number of hydrogen-bond donors (Lipinski definition) is 2. The van der Waals surface area contributed by atoms with E-state index in [1.807, 2.05) is 0 Å². The number of carbonyl (C=O) groups is 2. The van der Waals surface area contributed by atoms with Gasteiger partial charge < -0.3 is 19.8 Å². The van der Waals surface area contributed by atoms with Gasteiger partial charge in [0.05, 0.1) is 18.7 Å². The topological polar surface area (TPSA) is 100.0 Å². The molecule has 4 rings (SSSR count). The molecule has 162 valence electrons. The van der Waals surface area contributed by atoms with Gasteiger partial charge in [-0.1, -0.05) is 23.7 Å². The second kappa shape index (κ2) is 8.72. The van der Waals surface area contributed by atoms with E-state index in [9.17, 15) is 19.8 Å². The number of phenols is 1. The van der Waals surface area contributed by atoms with Gasteiger partial charge in [-0.05, 0) is 53.6 Å². The molecule has 2 heterocycles. The van der Waals surface area contributed by atoms with Crippen LogP contribution in [0.2, 0.25) is 5.02 Å². The molecule has 2 aromatic carbocycles. The van der Waals surface area contributed by atoms with Crippen LogP contribution in [0.1, 0.15) is 22.7 Å². The van der Waals surface area contributed by atoms with Crippen LogP contribution in [0, 0.1) is 0 Å². The van der Waals surface area contributed by atoms with Gasteiger partial charge in [0, 0.05) is 29.5 Å². The number of benzene rings is 2. The van der Waals surface area contributed by atoms with Crippen LogP contribution in [0.3, 0.4) is 0 Å². The molecule has 32 heavy (non-hydrogen) atoms. The number of ketones is 1. The third-order valence-corrected chi connectivity index (χ3v) is 5.50. The first-order valence-corrected chi connectivity index (χ1v) is 10.1. The molecule has 3 aromatic rings. The first kappa shape index (κ1) is 21.4. The number of aliphatic hydroxyl groups is 1. The fourth-order valence-corrected chi connectivity index (χ4v) is 3.83. The van der Waals surface area contributed by atoms with Crippen molar-refractivity contribution in [1.29, 1.82) is 0 Å². The summed E-state index contributed by atoms with van der Waals surface area (Å²) in [6.45, 7) is 0.101. The molecular formula is C24H19ClN2O5. The number of aromatic nitrogens is 1. The quantitative estimate of drug-likeness (QED) is 0.345. The third-order valence-electron chi connectivity index (χ3n) is 5.25. The Morgan fingerprint density at radius 2 is 1.91 bits per heavy atom. The molecular weight excluding hydrogens is 432 g/mol. The molecule has 1 aliphatic rings. The molecule has 0 saturated carbocycles. The number of methoxy groups -OCH3 is 1. The van der Waals surface area contributed by atoms with Crippen molar-refractivity contribution in [3.8, 4) is 11.5 Å². The first-order valence-electron chi connectivity index (χ1n) is 9.71. The molecule has 1 saturated heterocycles. The van der Waals surface area contributed by atoms with Gasteiger partial charge in [0.25, 0.3) is 11.7 Å². The number of phenolic OH excluding ortho intramolecular Hbond substituents is 1. The van der Waals surface area contributed by atoms with E-state index in [1.165, 1.54) is 24.1 Å². The highest BCUT2D eigenvalue weighted by atomic mass is 35.5. The molecule has 0 radical (unpaired) electrons. The normalized spacial score (nSPS) is 17.6. The second-order valence-corrected chi connectivity index (χ2v) is 7.66. The summed E-state index contributed by atoms with van der Waals surface area (Å²) in [5, 5.41) is 21.5. The van der Waals surface area contributed by atoms with Crippen molar-refractivity contribution >= 4 is 29.1 Å². The number of pyridine rings is 1. The summed E-state index contributed by atoms with van der Waals surface area (Å²) in [5.41, 5.74) is 1.51. The Labute approximate surface area is 189 Å². The number of hydrogen-bond acceptors (Lipinski definition) is 6. The van der Waals surface area contributed by atoms with Gasteiger partial charge in [-0.15, -0.1) is 0 Å². The lowest BCUT2D eigenvalue weighted by molar-refractivity contribution is -0.140. The predicted octanol–water partition coefficient (Wildman–Crippen LogP) is 4.07. The summed E-state index contributed by atoms with van der Waals surface area (Å²) >= 11 is 5.94. The molecule has 8 heteroatoms. The third kappa shape index (κ3) is 3.90. The number of halogens is 1. The number of rotatable bonds is 5. The Morgan fingerprint density at radius 1 is 1.16 bits per heavy atom. The Bertz CT molecular complexity index is 1210. The summed E-state index contributed by atoms with van der Waals surface area (Å²) in [6, 6.07) is 13.5. The number of amides is 1. The molecule has 0 bridgehead atoms. The largest absolute Gasteiger partial charge is 0.507 e. The zero-order chi connectivity index (χ0) is 22.8. The standard InChI is InChI=1S/C24H19ClN2O5/c1-32-19-11-16(6-9-18(19)28)21-20(22(29)15-4-7-17(25)8-5-15)23(30)24(31)27(21)13-14-3-2-10-26-12-14/h2-12,21,28-29H,13H2,1H3/t21-/m0/s1. The Morgan fingerprint density at radius 3 is 2.56 bits per heavy atom. The number of ether oxygens (including phenoxy) is 1. The highest BCUT2D eigenvalue weighted by Gasteiger charge is 2.46. The van der Waals surface area contributed by atoms with Gasteiger partial charge in [-0.25, -0.2) is 0 Å². The highest BCUT2D eigenvalue weighted by molar-refractivity contribution is 6.46. The second-order valence-electron chi connectivity index (χ2n) is 7.23. The molecule has 7 nitrogen and oxygen atoms in total. The number of likely N-dealkylation sites (tertiary alicyclic amines) is 1. The number of carbonyl (C=O) groups excluding carboxylic acids is 2. The van der Waals surface area contributed by atoms with Crippen LogP contribution in [-0.4, -0.2) is 38.9 Å². The van der Waals surface area contributed by atoms with Gasteiger partial charge in [0.15, 0.2) is 11.5 Å². The van der Waals surface area contributed by atoms with Crippen LogP contribution < -0.4 is 4.74 Å². The number of nitrogens with zero attached hydrogens (tertiary/aromatic N) is 2. The van der Waals surface area contributed by atoms with E-state index >= 15 is 0 Å². The molecule has 1 aliphatic heterocycles. The number of aliphatic hydroxyl groups excluding tert-OH is 1. The molecule has 0 spiro atoms. The smallest absolute Gasteiger partial charge is 0.295 e. The maximum Gasteiger partial charge on any atom is 0.295 e. The first-order chi connectivity index (χ1) is 15.4. The minimum atomic E-state index is -0.902. The summed E-state index contributed by atoms with van der Waals surface area (Å²) in [5.74, 6) is -1.77. The maximum atomic E-state index is 13.1. The van der Waals surface area contributed by atoms with Gasteiger partial charge in [0.2, 0.25) is 0 Å². The van der Waals surface area contributed by atoms with Crippen molar-refractivity contribution in [2.75, 3.05) is 7.11 Å². The lowest BCUT2D eigenvalue weighted by Crippen LogP contribution is -2.29. The summed E-state index contributed by atoms with van der Waals surface area (Å²) in [7, 11) is 1.40. The lowest BCUT2D eigenvalue weighted by Gasteiger charge is -2.25. The molecule has 1 aromatic heterocycles. The van der Waals surface area contributed by atoms with Crippen molar-refractivity contribution in [2.24, 2.45) is 0 Å². The van der Waals surface area contributed by atoms with E-state index in [0.29, 0.717) is 16.1 Å². The SMILES string of the molecule is COc1cc([C@H]2C(=C(O)c3ccc(Cl)cc3)C(=O)C(=O)N2Cc2cccnc2)ccc1O. The van der Waals surface area contributed by atoms with Crippen molar-refractivity contribution in [3.05, 3.63) is 94.3 Å². The molecule has 0 aliphatic carbocycles. The predicted molar refractivity (Wildman–Crippen MR) is 118 cm³/mol. The fourth-order valence-electron chi connectivity index (χ4n) is 3.71. The van der Waals surface area contributed by atoms with Crippen molar-refractivity contribution in [2.45, 2.75) is 12.6 Å². The summed E-state index contributed by atoms with van der Waals surface area (Å²) in [6.07, 6.45) is 3.22. The van der Waals surface area contributed by atoms with E-state index in [2.05, 4.69) is 4.98 Å². The number of Topliss-reactive ketones (excluding diaryl/α,β-unsaturated/α-hetero) is 1. The molecule has 2 N–H and O–H groups in total. The maximum absolute atomic E-state index is 13.1. The van der Waals surface area contributed by atoms with Crippen LogP contribution in [0.25, 0.3) is 5.76 Å². The summed E-state index contributed by atoms with van der Waals surface area (Å²) < 4.78 is 5.20. The van der Waals surface area contributed by atoms with Gasteiger partial charge >= 0.3 is 0 Å². The fraction of sp³-hybridized carbons (Fsp3) is 0.125. The van der Waals surface area contributed by atoms with E-state index in [4.69, 9.17) is 16.3 Å². The highest BCUT2D eigenvalue weighted by Crippen LogP contribution is 2.42. The monoisotopic (exact) mass is 450 g/mol. The minimum Gasteiger partial charge on any atom is -0.507 e. The minimum absolute atomic E-state index is 0.0612. The Balaban J connectivity index is 1.89. The van der Waals surface area contributed by atoms with Crippen molar-refractivity contribution in [1.82, 2.24) is 9.88 Å². The lowest BCUT2D eigenvalue weighted by atomic mass is 9.95. The van der Waals surface area contributed by atoms with Gasteiger partial charge in [0.1, 0.15) is 5.76 Å². The van der Waals surface area contributed by atoms with Crippen molar-refractivity contribution < 1.29 is 24.5 Å². The van der Waals surface area contributed by atoms with Crippen LogP contribution >= 0.6 is 11.6 Å². The molecule has 1 amide bonds. The average Bonchev–Trinajstić information content (AvgIpc) is 3.05. The van der Waals surface area contributed by atoms with Crippen molar-refractivity contribution in [3.63, 3.8) is 0 Å². The molecule has 1 atom stereocenters. The number of aromatic hydroxyl groups is 1. The van der Waals surface area contributed by atoms with Gasteiger partial charge in [-0.3, -0.25) is 14.6 Å². The zero-order valence-electron chi connectivity index (χ0n) is 17.0. The molecule has 1 fully saturated rings. The Hall–Kier alpha value is -3.84. The summed E-state index contributed by atoms with van der Waals surface area (Å²) in [4.78, 5) is 31.5. The Kier molecular flexibility index (Phi) is 5.83.